The number of hydrogen-bond donors (Lipinski definition) is 2. The van der Waals surface area contributed by atoms with Crippen LogP contribution in [-0.4, -0.2) is 34.4 Å². The van der Waals surface area contributed by atoms with Crippen molar-refractivity contribution in [3.05, 3.63) is 71.4 Å². The fourth-order valence-corrected chi connectivity index (χ4v) is 5.15. The van der Waals surface area contributed by atoms with Crippen molar-refractivity contribution in [3.63, 3.8) is 0 Å². The van der Waals surface area contributed by atoms with E-state index >= 15 is 0 Å². The molecule has 4 aromatic rings. The van der Waals surface area contributed by atoms with Crippen molar-refractivity contribution >= 4 is 27.8 Å². The van der Waals surface area contributed by atoms with Gasteiger partial charge >= 0.3 is 0 Å². The van der Waals surface area contributed by atoms with Gasteiger partial charge in [0.15, 0.2) is 0 Å². The molecule has 2 N–H and O–H groups in total. The highest BCUT2D eigenvalue weighted by molar-refractivity contribution is 5.98. The number of halogens is 1. The summed E-state index contributed by atoms with van der Waals surface area (Å²) in [6.07, 6.45) is 3.79. The summed E-state index contributed by atoms with van der Waals surface area (Å²) in [4.78, 5) is 18.4. The lowest BCUT2D eigenvalue weighted by atomic mass is 9.89. The van der Waals surface area contributed by atoms with Crippen LogP contribution in [0.25, 0.3) is 21.9 Å². The minimum absolute atomic E-state index is 0.0613. The molecule has 7 heteroatoms. The second kappa shape index (κ2) is 9.32. The van der Waals surface area contributed by atoms with Gasteiger partial charge in [-0.05, 0) is 69.0 Å². The van der Waals surface area contributed by atoms with E-state index in [0.29, 0.717) is 35.5 Å². The number of fused-ring (bicyclic) bond motifs is 2. The molecule has 6 nitrogen and oxygen atoms in total. The summed E-state index contributed by atoms with van der Waals surface area (Å²) in [5.41, 5.74) is 2.54. The maximum Gasteiger partial charge on any atom is 0.270 e. The molecule has 2 heterocycles. The SMILES string of the molecule is CCN(C(=O)c1cc2cc(F)ccc2[nH]1)C1CCCC(NCc2oc3ccccc3c2C#N)C1. The molecule has 174 valence electrons. The normalized spacial score (nSPS) is 18.3. The number of aromatic amines is 1. The molecule has 1 aliphatic rings. The van der Waals surface area contributed by atoms with Crippen LogP contribution in [0.15, 0.2) is 52.9 Å². The predicted octanol–water partition coefficient (Wildman–Crippen LogP) is 5.49. The van der Waals surface area contributed by atoms with Crippen LogP contribution in [0.5, 0.6) is 0 Å². The summed E-state index contributed by atoms with van der Waals surface area (Å²) < 4.78 is 19.5. The van der Waals surface area contributed by atoms with Crippen LogP contribution in [0.3, 0.4) is 0 Å². The van der Waals surface area contributed by atoms with Crippen molar-refractivity contribution in [2.24, 2.45) is 0 Å². The van der Waals surface area contributed by atoms with Gasteiger partial charge in [-0.25, -0.2) is 4.39 Å². The smallest absolute Gasteiger partial charge is 0.270 e. The first-order valence-corrected chi connectivity index (χ1v) is 11.8. The van der Waals surface area contributed by atoms with Crippen molar-refractivity contribution < 1.29 is 13.6 Å². The molecular formula is C27H27FN4O2. The highest BCUT2D eigenvalue weighted by atomic mass is 19.1. The van der Waals surface area contributed by atoms with E-state index in [-0.39, 0.29) is 23.8 Å². The number of carbonyl (C=O) groups is 1. The summed E-state index contributed by atoms with van der Waals surface area (Å²) in [5.74, 6) is 0.274. The number of carbonyl (C=O) groups excluding carboxylic acids is 1. The minimum Gasteiger partial charge on any atom is -0.458 e. The zero-order chi connectivity index (χ0) is 23.7. The van der Waals surface area contributed by atoms with Crippen LogP contribution < -0.4 is 5.32 Å². The quantitative estimate of drug-likeness (QED) is 0.400. The zero-order valence-corrected chi connectivity index (χ0v) is 19.1. The lowest BCUT2D eigenvalue weighted by molar-refractivity contribution is 0.0622. The van der Waals surface area contributed by atoms with Crippen molar-refractivity contribution in [1.82, 2.24) is 15.2 Å². The molecular weight excluding hydrogens is 431 g/mol. The minimum atomic E-state index is -0.317. The first-order valence-electron chi connectivity index (χ1n) is 11.8. The topological polar surface area (TPSA) is 85.1 Å². The first-order chi connectivity index (χ1) is 16.6. The number of furan rings is 1. The predicted molar refractivity (Wildman–Crippen MR) is 129 cm³/mol. The van der Waals surface area contributed by atoms with Gasteiger partial charge in [-0.1, -0.05) is 12.1 Å². The van der Waals surface area contributed by atoms with Gasteiger partial charge in [-0.3, -0.25) is 4.79 Å². The van der Waals surface area contributed by atoms with Crippen LogP contribution in [0, 0.1) is 17.1 Å². The third-order valence-electron chi connectivity index (χ3n) is 6.83. The standard InChI is InChI=1S/C27H27FN4O2/c1-2-32(27(33)24-13-17-12-18(28)10-11-23(17)31-24)20-7-5-6-19(14-20)30-16-26-22(15-29)21-8-3-4-9-25(21)34-26/h3-4,8-13,19-20,30-31H,2,5-7,14,16H2,1H3. The van der Waals surface area contributed by atoms with Gasteiger partial charge in [-0.15, -0.1) is 0 Å². The molecule has 5 rings (SSSR count). The van der Waals surface area contributed by atoms with E-state index in [0.717, 1.165) is 42.2 Å². The molecule has 0 bridgehead atoms. The van der Waals surface area contributed by atoms with E-state index in [9.17, 15) is 14.4 Å². The maximum absolute atomic E-state index is 13.6. The van der Waals surface area contributed by atoms with Gasteiger partial charge in [0, 0.05) is 34.9 Å². The first kappa shape index (κ1) is 22.2. The van der Waals surface area contributed by atoms with Crippen LogP contribution in [-0.2, 0) is 6.54 Å². The van der Waals surface area contributed by atoms with E-state index in [1.807, 2.05) is 36.1 Å². The molecule has 2 aromatic carbocycles. The number of rotatable bonds is 6. The van der Waals surface area contributed by atoms with Crippen LogP contribution in [0.1, 0.15) is 54.4 Å². The Balaban J connectivity index is 1.28. The Labute approximate surface area is 197 Å². The molecule has 2 aromatic heterocycles. The maximum atomic E-state index is 13.6. The van der Waals surface area contributed by atoms with Gasteiger partial charge in [0.1, 0.15) is 34.5 Å². The number of H-pyrrole nitrogens is 1. The van der Waals surface area contributed by atoms with Gasteiger partial charge in [0.25, 0.3) is 5.91 Å². The lowest BCUT2D eigenvalue weighted by Crippen LogP contribution is -2.46. The van der Waals surface area contributed by atoms with Gasteiger partial charge in [0.05, 0.1) is 6.54 Å². The van der Waals surface area contributed by atoms with Crippen LogP contribution in [0.2, 0.25) is 0 Å². The van der Waals surface area contributed by atoms with E-state index < -0.39 is 0 Å². The number of aromatic nitrogens is 1. The highest BCUT2D eigenvalue weighted by Crippen LogP contribution is 2.28. The molecule has 34 heavy (non-hydrogen) atoms. The van der Waals surface area contributed by atoms with Crippen molar-refractivity contribution in [1.29, 1.82) is 5.26 Å². The van der Waals surface area contributed by atoms with E-state index in [4.69, 9.17) is 4.42 Å². The Hall–Kier alpha value is -3.63. The van der Waals surface area contributed by atoms with Crippen molar-refractivity contribution in [2.45, 2.75) is 51.2 Å². The fraction of sp³-hybridized carbons (Fsp3) is 0.333. The second-order valence-electron chi connectivity index (χ2n) is 8.91. The molecule has 1 fully saturated rings. The highest BCUT2D eigenvalue weighted by Gasteiger charge is 2.30. The number of hydrogen-bond acceptors (Lipinski definition) is 4. The molecule has 0 aliphatic heterocycles. The molecule has 1 amide bonds. The number of para-hydroxylation sites is 1. The molecule has 1 saturated carbocycles. The molecule has 2 atom stereocenters. The molecule has 0 saturated heterocycles. The average Bonchev–Trinajstić information content (AvgIpc) is 3.44. The van der Waals surface area contributed by atoms with Crippen LogP contribution in [0.4, 0.5) is 4.39 Å². The molecule has 2 unspecified atom stereocenters. The summed E-state index contributed by atoms with van der Waals surface area (Å²) >= 11 is 0. The van der Waals surface area contributed by atoms with Crippen LogP contribution >= 0.6 is 0 Å². The lowest BCUT2D eigenvalue weighted by Gasteiger charge is -2.37. The average molecular weight is 459 g/mol. The third-order valence-corrected chi connectivity index (χ3v) is 6.83. The van der Waals surface area contributed by atoms with Crippen molar-refractivity contribution in [2.75, 3.05) is 6.54 Å². The third kappa shape index (κ3) is 4.17. The Bertz CT molecular complexity index is 1380. The summed E-state index contributed by atoms with van der Waals surface area (Å²) in [6, 6.07) is 16.4. The number of nitrogens with one attached hydrogen (secondary N) is 2. The monoisotopic (exact) mass is 458 g/mol. The summed E-state index contributed by atoms with van der Waals surface area (Å²) in [5, 5.41) is 14.7. The number of nitrogens with zero attached hydrogens (tertiary/aromatic N) is 2. The Morgan fingerprint density at radius 2 is 2.12 bits per heavy atom. The second-order valence-corrected chi connectivity index (χ2v) is 8.91. The summed E-state index contributed by atoms with van der Waals surface area (Å²) in [7, 11) is 0. The molecule has 0 radical (unpaired) electrons. The van der Waals surface area contributed by atoms with E-state index in [1.54, 1.807) is 12.1 Å². The molecule has 0 spiro atoms. The van der Waals surface area contributed by atoms with Gasteiger partial charge in [-0.2, -0.15) is 5.26 Å². The van der Waals surface area contributed by atoms with Gasteiger partial charge < -0.3 is 19.6 Å². The number of benzene rings is 2. The fourth-order valence-electron chi connectivity index (χ4n) is 5.15. The largest absolute Gasteiger partial charge is 0.458 e. The Morgan fingerprint density at radius 3 is 2.94 bits per heavy atom. The molecule has 1 aliphatic carbocycles. The number of amides is 1. The van der Waals surface area contributed by atoms with Crippen molar-refractivity contribution in [3.8, 4) is 6.07 Å². The van der Waals surface area contributed by atoms with Gasteiger partial charge in [0.2, 0.25) is 0 Å². The zero-order valence-electron chi connectivity index (χ0n) is 19.1. The Morgan fingerprint density at radius 1 is 1.26 bits per heavy atom. The van der Waals surface area contributed by atoms with E-state index in [2.05, 4.69) is 16.4 Å². The summed E-state index contributed by atoms with van der Waals surface area (Å²) in [6.45, 7) is 3.07. The number of nitriles is 1. The van der Waals surface area contributed by atoms with E-state index in [1.165, 1.54) is 12.1 Å². The Kier molecular flexibility index (Phi) is 6.08.